The van der Waals surface area contributed by atoms with Crippen LogP contribution in [0.2, 0.25) is 0 Å². The van der Waals surface area contributed by atoms with Crippen LogP contribution in [0.25, 0.3) is 0 Å². The zero-order chi connectivity index (χ0) is 26.6. The first-order valence-corrected chi connectivity index (χ1v) is 11.8. The molecular formula is C27H27FN2O7. The van der Waals surface area contributed by atoms with E-state index in [4.69, 9.17) is 9.47 Å². The largest absolute Gasteiger partial charge is 0.481 e. The number of carboxylic acid groups (broad SMARTS) is 1. The summed E-state index contributed by atoms with van der Waals surface area (Å²) in [5.41, 5.74) is -2.70. The summed E-state index contributed by atoms with van der Waals surface area (Å²) in [7, 11) is 0. The van der Waals surface area contributed by atoms with Gasteiger partial charge in [0.05, 0.1) is 24.6 Å². The Bertz CT molecular complexity index is 1370. The first-order chi connectivity index (χ1) is 17.7. The average molecular weight is 511 g/mol. The number of nitrogens with zero attached hydrogens (tertiary/aromatic N) is 2. The van der Waals surface area contributed by atoms with Crippen LogP contribution in [-0.4, -0.2) is 38.0 Å². The molecule has 1 aromatic heterocycles. The Hall–Kier alpha value is -4.05. The Morgan fingerprint density at radius 3 is 2.35 bits per heavy atom. The number of aliphatic carboxylic acids is 1. The molecule has 0 aliphatic heterocycles. The maximum absolute atomic E-state index is 16.3. The highest BCUT2D eigenvalue weighted by atomic mass is 19.1. The molecule has 37 heavy (non-hydrogen) atoms. The smallest absolute Gasteiger partial charge is 0.338 e. The number of esters is 1. The van der Waals surface area contributed by atoms with Crippen LogP contribution in [0.5, 0.6) is 0 Å². The van der Waals surface area contributed by atoms with Crippen molar-refractivity contribution < 1.29 is 28.6 Å². The summed E-state index contributed by atoms with van der Waals surface area (Å²) in [5, 5.41) is 9.40. The summed E-state index contributed by atoms with van der Waals surface area (Å²) >= 11 is 0. The van der Waals surface area contributed by atoms with Gasteiger partial charge in [0.2, 0.25) is 0 Å². The Morgan fingerprint density at radius 2 is 1.70 bits per heavy atom. The third-order valence-electron chi connectivity index (χ3n) is 6.61. The molecule has 0 amide bonds. The van der Waals surface area contributed by atoms with Crippen LogP contribution < -0.4 is 11.2 Å². The molecule has 4 unspecified atom stereocenters. The van der Waals surface area contributed by atoms with Crippen molar-refractivity contribution in [1.29, 1.82) is 0 Å². The number of carbonyl (C=O) groups is 2. The molecule has 10 heteroatoms. The molecule has 0 radical (unpaired) electrons. The number of hydrogen-bond acceptors (Lipinski definition) is 6. The van der Waals surface area contributed by atoms with Gasteiger partial charge in [-0.1, -0.05) is 48.5 Å². The van der Waals surface area contributed by atoms with Crippen molar-refractivity contribution in [2.75, 3.05) is 0 Å². The van der Waals surface area contributed by atoms with Gasteiger partial charge in [0, 0.05) is 18.2 Å². The molecule has 4 rings (SSSR count). The fourth-order valence-electron chi connectivity index (χ4n) is 4.78. The van der Waals surface area contributed by atoms with Crippen LogP contribution in [0.3, 0.4) is 0 Å². The summed E-state index contributed by atoms with van der Waals surface area (Å²) in [6, 6.07) is 17.1. The zero-order valence-corrected chi connectivity index (χ0v) is 20.2. The van der Waals surface area contributed by atoms with Gasteiger partial charge in [-0.3, -0.25) is 14.2 Å². The molecule has 1 N–H and O–H groups in total. The van der Waals surface area contributed by atoms with Gasteiger partial charge in [-0.2, -0.15) is 0 Å². The topological polar surface area (TPSA) is 117 Å². The first-order valence-electron chi connectivity index (χ1n) is 11.8. The Morgan fingerprint density at radius 1 is 1.05 bits per heavy atom. The van der Waals surface area contributed by atoms with Gasteiger partial charge in [-0.15, -0.1) is 0 Å². The second-order valence-corrected chi connectivity index (χ2v) is 9.19. The molecule has 9 nitrogen and oxygen atoms in total. The van der Waals surface area contributed by atoms with E-state index in [2.05, 4.69) is 0 Å². The molecule has 3 aromatic rings. The highest BCUT2D eigenvalue weighted by Gasteiger charge is 2.57. The van der Waals surface area contributed by atoms with Gasteiger partial charge in [0.1, 0.15) is 12.8 Å². The van der Waals surface area contributed by atoms with E-state index in [9.17, 15) is 24.3 Å². The fraction of sp³-hybridized carbons (Fsp3) is 0.333. The van der Waals surface area contributed by atoms with Gasteiger partial charge in [-0.05, 0) is 31.0 Å². The predicted molar refractivity (Wildman–Crippen MR) is 131 cm³/mol. The number of carbonyl (C=O) groups excluding carboxylic acids is 1. The Balaban J connectivity index is 1.60. The number of aromatic nitrogens is 2. The lowest BCUT2D eigenvalue weighted by atomic mass is 9.96. The van der Waals surface area contributed by atoms with E-state index in [0.717, 1.165) is 20.8 Å². The van der Waals surface area contributed by atoms with E-state index >= 15 is 4.39 Å². The monoisotopic (exact) mass is 510 g/mol. The summed E-state index contributed by atoms with van der Waals surface area (Å²) in [6.07, 6.45) is -0.796. The van der Waals surface area contributed by atoms with Crippen molar-refractivity contribution in [3.05, 3.63) is 105 Å². The highest BCUT2D eigenvalue weighted by molar-refractivity contribution is 5.89. The molecule has 2 aromatic carbocycles. The molecule has 1 saturated carbocycles. The summed E-state index contributed by atoms with van der Waals surface area (Å²) < 4.78 is 29.3. The lowest BCUT2D eigenvalue weighted by molar-refractivity contribution is -0.139. The van der Waals surface area contributed by atoms with Crippen LogP contribution >= 0.6 is 0 Å². The number of ether oxygens (including phenoxy) is 2. The van der Waals surface area contributed by atoms with E-state index in [-0.39, 0.29) is 25.3 Å². The van der Waals surface area contributed by atoms with Crippen molar-refractivity contribution in [3.63, 3.8) is 0 Å². The van der Waals surface area contributed by atoms with Gasteiger partial charge < -0.3 is 14.6 Å². The third-order valence-corrected chi connectivity index (χ3v) is 6.61. The summed E-state index contributed by atoms with van der Waals surface area (Å²) in [4.78, 5) is 49.9. The molecule has 4 atom stereocenters. The van der Waals surface area contributed by atoms with E-state index < -0.39 is 53.3 Å². The van der Waals surface area contributed by atoms with Crippen molar-refractivity contribution >= 4 is 11.9 Å². The van der Waals surface area contributed by atoms with E-state index in [1.165, 1.54) is 25.3 Å². The normalized spacial score (nSPS) is 23.0. The van der Waals surface area contributed by atoms with Crippen LogP contribution in [-0.2, 0) is 27.6 Å². The third kappa shape index (κ3) is 5.69. The molecule has 0 saturated heterocycles. The second kappa shape index (κ2) is 10.9. The van der Waals surface area contributed by atoms with Gasteiger partial charge in [0.25, 0.3) is 5.56 Å². The predicted octanol–water partition coefficient (Wildman–Crippen LogP) is 3.17. The van der Waals surface area contributed by atoms with E-state index in [1.54, 1.807) is 18.2 Å². The zero-order valence-electron chi connectivity index (χ0n) is 20.2. The molecule has 194 valence electrons. The summed E-state index contributed by atoms with van der Waals surface area (Å²) in [5.74, 6) is -2.88. The molecular weight excluding hydrogens is 483 g/mol. The molecule has 1 heterocycles. The fourth-order valence-corrected chi connectivity index (χ4v) is 4.78. The minimum absolute atomic E-state index is 0.0883. The molecule has 0 bridgehead atoms. The molecule has 1 aliphatic rings. The number of halogens is 1. The van der Waals surface area contributed by atoms with Crippen LogP contribution in [0, 0.1) is 5.92 Å². The van der Waals surface area contributed by atoms with Gasteiger partial charge in [-0.25, -0.2) is 18.5 Å². The van der Waals surface area contributed by atoms with Crippen molar-refractivity contribution in [3.8, 4) is 0 Å². The van der Waals surface area contributed by atoms with Crippen molar-refractivity contribution in [2.24, 2.45) is 5.92 Å². The van der Waals surface area contributed by atoms with E-state index in [0.29, 0.717) is 0 Å². The summed E-state index contributed by atoms with van der Waals surface area (Å²) in [6.45, 7) is 0.981. The SMILES string of the molecule is CC1(F)C(OC(=O)c2ccccc2)C(CC(=O)O)CC1n1ccc(=O)n(COCc2ccccc2)c1=O. The highest BCUT2D eigenvalue weighted by Crippen LogP contribution is 2.48. The Kier molecular flexibility index (Phi) is 7.68. The number of alkyl halides is 1. The molecule has 0 spiro atoms. The number of carboxylic acids is 1. The quantitative estimate of drug-likeness (QED) is 0.440. The van der Waals surface area contributed by atoms with Crippen LogP contribution in [0.15, 0.2) is 82.5 Å². The maximum atomic E-state index is 16.3. The number of rotatable bonds is 9. The van der Waals surface area contributed by atoms with Crippen molar-refractivity contribution in [2.45, 2.75) is 50.9 Å². The lowest BCUT2D eigenvalue weighted by Crippen LogP contribution is -2.47. The molecule has 1 fully saturated rings. The minimum Gasteiger partial charge on any atom is -0.481 e. The second-order valence-electron chi connectivity index (χ2n) is 9.19. The average Bonchev–Trinajstić information content (AvgIpc) is 3.11. The van der Waals surface area contributed by atoms with Gasteiger partial charge >= 0.3 is 17.6 Å². The van der Waals surface area contributed by atoms with Crippen molar-refractivity contribution in [1.82, 2.24) is 9.13 Å². The molecule has 1 aliphatic carbocycles. The van der Waals surface area contributed by atoms with Crippen LogP contribution in [0.1, 0.15) is 41.7 Å². The Labute approximate surface area is 211 Å². The minimum atomic E-state index is -2.30. The lowest BCUT2D eigenvalue weighted by Gasteiger charge is -2.30. The number of hydrogen-bond donors (Lipinski definition) is 1. The maximum Gasteiger partial charge on any atom is 0.338 e. The standard InChI is InChI=1S/C27H27FN2O7/c1-27(28)21(14-20(15-23(32)33)24(27)37-25(34)19-10-6-3-7-11-19)29-13-12-22(31)30(26(29)35)17-36-16-18-8-4-2-5-9-18/h2-13,20-21,24H,14-17H2,1H3,(H,32,33). The van der Waals surface area contributed by atoms with Crippen LogP contribution in [0.4, 0.5) is 4.39 Å². The van der Waals surface area contributed by atoms with Gasteiger partial charge in [0.15, 0.2) is 5.67 Å². The van der Waals surface area contributed by atoms with E-state index in [1.807, 2.05) is 30.3 Å². The number of benzene rings is 2. The first kappa shape index (κ1) is 26.0.